The number of halogens is 1. The van der Waals surface area contributed by atoms with Crippen LogP contribution in [0.4, 0.5) is 0 Å². The van der Waals surface area contributed by atoms with Gasteiger partial charge in [-0.1, -0.05) is 0 Å². The summed E-state index contributed by atoms with van der Waals surface area (Å²) in [4.78, 5) is 23.4. The number of carbonyl (C=O) groups is 1. The number of pyridine rings is 1. The van der Waals surface area contributed by atoms with Gasteiger partial charge in [-0.3, -0.25) is 4.79 Å². The number of methoxy groups -OCH3 is 1. The Morgan fingerprint density at radius 1 is 1.56 bits per heavy atom. The molecule has 0 radical (unpaired) electrons. The molecule has 1 aliphatic rings. The first-order valence-corrected chi connectivity index (χ1v) is 5.85. The fourth-order valence-corrected chi connectivity index (χ4v) is 2.04. The highest BCUT2D eigenvalue weighted by Gasteiger charge is 2.27. The summed E-state index contributed by atoms with van der Waals surface area (Å²) < 4.78 is 6.75. The molecule has 1 aliphatic carbocycles. The number of hydrogen-bond donors (Lipinski definition) is 0. The van der Waals surface area contributed by atoms with Crippen molar-refractivity contribution in [2.24, 2.45) is 0 Å². The molecule has 4 nitrogen and oxygen atoms in total. The molecule has 0 spiro atoms. The molecule has 0 aromatic carbocycles. The average molecular weight is 286 g/mol. The van der Waals surface area contributed by atoms with E-state index in [2.05, 4.69) is 15.9 Å². The lowest BCUT2D eigenvalue weighted by Gasteiger charge is -2.10. The number of hydrogen-bond acceptors (Lipinski definition) is 3. The summed E-state index contributed by atoms with van der Waals surface area (Å²) in [6.07, 6.45) is 3.60. The molecule has 1 saturated carbocycles. The first-order valence-electron chi connectivity index (χ1n) is 5.05. The molecular formula is C11H12BrNO3. The van der Waals surface area contributed by atoms with Crippen molar-refractivity contribution >= 4 is 21.9 Å². The molecule has 0 bridgehead atoms. The molecule has 1 aromatic heterocycles. The molecule has 0 N–H and O–H groups in total. The second-order valence-electron chi connectivity index (χ2n) is 3.92. The Balaban J connectivity index is 2.61. The van der Waals surface area contributed by atoms with Gasteiger partial charge >= 0.3 is 5.97 Å². The maximum Gasteiger partial charge on any atom is 0.339 e. The van der Waals surface area contributed by atoms with Gasteiger partial charge in [-0.25, -0.2) is 4.79 Å². The van der Waals surface area contributed by atoms with Crippen LogP contribution in [0.25, 0.3) is 0 Å². The van der Waals surface area contributed by atoms with Gasteiger partial charge in [0.05, 0.1) is 17.1 Å². The van der Waals surface area contributed by atoms with E-state index in [-0.39, 0.29) is 11.6 Å². The van der Waals surface area contributed by atoms with Gasteiger partial charge in [0.25, 0.3) is 5.56 Å². The van der Waals surface area contributed by atoms with Gasteiger partial charge in [-0.2, -0.15) is 0 Å². The number of aromatic nitrogens is 1. The van der Waals surface area contributed by atoms with Crippen LogP contribution >= 0.6 is 15.9 Å². The fourth-order valence-electron chi connectivity index (χ4n) is 1.63. The maximum absolute atomic E-state index is 11.9. The summed E-state index contributed by atoms with van der Waals surface area (Å²) in [7, 11) is 1.34. The highest BCUT2D eigenvalue weighted by atomic mass is 79.9. The van der Waals surface area contributed by atoms with E-state index in [1.54, 1.807) is 17.7 Å². The molecule has 0 atom stereocenters. The van der Waals surface area contributed by atoms with Gasteiger partial charge in [0, 0.05) is 12.2 Å². The van der Waals surface area contributed by atoms with Crippen molar-refractivity contribution < 1.29 is 9.53 Å². The monoisotopic (exact) mass is 285 g/mol. The molecule has 1 aromatic rings. The van der Waals surface area contributed by atoms with E-state index in [0.29, 0.717) is 15.6 Å². The quantitative estimate of drug-likeness (QED) is 0.782. The maximum atomic E-state index is 11.9. The van der Waals surface area contributed by atoms with Crippen molar-refractivity contribution in [3.05, 3.63) is 32.2 Å². The standard InChI is InChI=1S/C11H12BrNO3/c1-6-8(11(15)16-2)5-13(7-3-4-7)10(14)9(6)12/h5,7H,3-4H2,1-2H3. The van der Waals surface area contributed by atoms with Crippen LogP contribution in [-0.4, -0.2) is 17.6 Å². The van der Waals surface area contributed by atoms with Crippen LogP contribution in [0.15, 0.2) is 15.5 Å². The summed E-state index contributed by atoms with van der Waals surface area (Å²) in [6.45, 7) is 1.73. The lowest BCUT2D eigenvalue weighted by Crippen LogP contribution is -2.23. The van der Waals surface area contributed by atoms with E-state index in [0.717, 1.165) is 12.8 Å². The van der Waals surface area contributed by atoms with Gasteiger partial charge in [-0.15, -0.1) is 0 Å². The van der Waals surface area contributed by atoms with E-state index in [1.165, 1.54) is 7.11 Å². The number of rotatable bonds is 2. The Morgan fingerprint density at radius 2 is 2.19 bits per heavy atom. The second-order valence-corrected chi connectivity index (χ2v) is 4.71. The Kier molecular flexibility index (Phi) is 2.88. The van der Waals surface area contributed by atoms with Gasteiger partial charge < -0.3 is 9.30 Å². The van der Waals surface area contributed by atoms with Crippen molar-refractivity contribution in [2.45, 2.75) is 25.8 Å². The zero-order valence-electron chi connectivity index (χ0n) is 9.12. The fraction of sp³-hybridized carbons (Fsp3) is 0.455. The molecule has 0 saturated heterocycles. The molecular weight excluding hydrogens is 274 g/mol. The van der Waals surface area contributed by atoms with Gasteiger partial charge in [0.15, 0.2) is 0 Å². The number of nitrogens with zero attached hydrogens (tertiary/aromatic N) is 1. The summed E-state index contributed by atoms with van der Waals surface area (Å²) in [5.74, 6) is -0.410. The molecule has 0 aliphatic heterocycles. The van der Waals surface area contributed by atoms with Crippen molar-refractivity contribution in [1.82, 2.24) is 4.57 Å². The third-order valence-corrected chi connectivity index (χ3v) is 3.70. The molecule has 0 amide bonds. The van der Waals surface area contributed by atoms with Crippen molar-refractivity contribution in [3.63, 3.8) is 0 Å². The van der Waals surface area contributed by atoms with E-state index in [9.17, 15) is 9.59 Å². The molecule has 16 heavy (non-hydrogen) atoms. The third-order valence-electron chi connectivity index (χ3n) is 2.77. The zero-order valence-corrected chi connectivity index (χ0v) is 10.7. The highest BCUT2D eigenvalue weighted by molar-refractivity contribution is 9.10. The minimum atomic E-state index is -0.410. The number of ether oxygens (including phenoxy) is 1. The van der Waals surface area contributed by atoms with Crippen LogP contribution in [0.3, 0.4) is 0 Å². The smallest absolute Gasteiger partial charge is 0.339 e. The zero-order chi connectivity index (χ0) is 11.9. The first kappa shape index (κ1) is 11.4. The van der Waals surface area contributed by atoms with Crippen LogP contribution < -0.4 is 5.56 Å². The van der Waals surface area contributed by atoms with Crippen LogP contribution in [0.1, 0.15) is 34.8 Å². The molecule has 1 fully saturated rings. The lowest BCUT2D eigenvalue weighted by molar-refractivity contribution is 0.0598. The summed E-state index contributed by atoms with van der Waals surface area (Å²) >= 11 is 3.23. The van der Waals surface area contributed by atoms with Crippen LogP contribution in [0.5, 0.6) is 0 Å². The van der Waals surface area contributed by atoms with Crippen LogP contribution in [0, 0.1) is 6.92 Å². The van der Waals surface area contributed by atoms with E-state index >= 15 is 0 Å². The summed E-state index contributed by atoms with van der Waals surface area (Å²) in [5.41, 5.74) is 1.00. The average Bonchev–Trinajstić information content (AvgIpc) is 3.09. The van der Waals surface area contributed by atoms with Crippen molar-refractivity contribution in [3.8, 4) is 0 Å². The minimum absolute atomic E-state index is 0.0762. The van der Waals surface area contributed by atoms with Crippen LogP contribution in [0.2, 0.25) is 0 Å². The predicted octanol–water partition coefficient (Wildman–Crippen LogP) is 2.04. The molecule has 5 heteroatoms. The van der Waals surface area contributed by atoms with Crippen molar-refractivity contribution in [2.75, 3.05) is 7.11 Å². The van der Waals surface area contributed by atoms with Gasteiger partial charge in [0.2, 0.25) is 0 Å². The molecule has 2 rings (SSSR count). The molecule has 1 heterocycles. The predicted molar refractivity (Wildman–Crippen MR) is 62.7 cm³/mol. The topological polar surface area (TPSA) is 48.3 Å². The summed E-state index contributed by atoms with van der Waals surface area (Å²) in [6, 6.07) is 0.243. The third kappa shape index (κ3) is 1.80. The first-order chi connectivity index (χ1) is 7.56. The summed E-state index contributed by atoms with van der Waals surface area (Å²) in [5, 5.41) is 0. The number of esters is 1. The Hall–Kier alpha value is -1.10. The van der Waals surface area contributed by atoms with Crippen LogP contribution in [-0.2, 0) is 4.74 Å². The van der Waals surface area contributed by atoms with Gasteiger partial charge in [-0.05, 0) is 41.3 Å². The van der Waals surface area contributed by atoms with E-state index < -0.39 is 5.97 Å². The lowest BCUT2D eigenvalue weighted by atomic mass is 10.1. The van der Waals surface area contributed by atoms with Crippen molar-refractivity contribution in [1.29, 1.82) is 0 Å². The molecule has 0 unspecified atom stereocenters. The number of carbonyl (C=O) groups excluding carboxylic acids is 1. The molecule has 86 valence electrons. The Labute approximate surface area is 101 Å². The largest absolute Gasteiger partial charge is 0.465 e. The second kappa shape index (κ2) is 4.05. The Bertz CT molecular complexity index is 503. The normalized spacial score (nSPS) is 14.9. The van der Waals surface area contributed by atoms with E-state index in [1.807, 2.05) is 0 Å². The Morgan fingerprint density at radius 3 is 2.69 bits per heavy atom. The van der Waals surface area contributed by atoms with Gasteiger partial charge in [0.1, 0.15) is 0 Å². The van der Waals surface area contributed by atoms with E-state index in [4.69, 9.17) is 4.74 Å². The minimum Gasteiger partial charge on any atom is -0.465 e. The SMILES string of the molecule is COC(=O)c1cn(C2CC2)c(=O)c(Br)c1C. The highest BCUT2D eigenvalue weighted by Crippen LogP contribution is 2.34.